The standard InChI is InChI=1S/C14H12FN3O2/c15-11-4-3-10(2-1-6-16)13(8-11)14(19)17-9-12-5-7-18-20-12/h3-5,7-8H,6,9,16H2,(H,17,19). The summed E-state index contributed by atoms with van der Waals surface area (Å²) in [5, 5.41) is 6.13. The first-order valence-electron chi connectivity index (χ1n) is 5.87. The summed E-state index contributed by atoms with van der Waals surface area (Å²) >= 11 is 0. The fraction of sp³-hybridized carbons (Fsp3) is 0.143. The largest absolute Gasteiger partial charge is 0.360 e. The zero-order valence-electron chi connectivity index (χ0n) is 10.5. The van der Waals surface area contributed by atoms with Crippen LogP contribution in [0.3, 0.4) is 0 Å². The minimum atomic E-state index is -0.506. The third kappa shape index (κ3) is 3.43. The van der Waals surface area contributed by atoms with Gasteiger partial charge in [0.2, 0.25) is 0 Å². The molecular weight excluding hydrogens is 261 g/mol. The van der Waals surface area contributed by atoms with Gasteiger partial charge in [-0.1, -0.05) is 17.0 Å². The molecule has 0 saturated carbocycles. The number of carbonyl (C=O) groups is 1. The van der Waals surface area contributed by atoms with Crippen molar-refractivity contribution < 1.29 is 13.7 Å². The highest BCUT2D eigenvalue weighted by Crippen LogP contribution is 2.11. The fourth-order valence-electron chi connectivity index (χ4n) is 1.56. The number of nitrogens with zero attached hydrogens (tertiary/aromatic N) is 1. The van der Waals surface area contributed by atoms with Gasteiger partial charge < -0.3 is 15.6 Å². The molecule has 0 unspecified atom stereocenters. The van der Waals surface area contributed by atoms with E-state index in [1.165, 1.54) is 18.3 Å². The van der Waals surface area contributed by atoms with E-state index in [0.29, 0.717) is 11.3 Å². The Morgan fingerprint density at radius 3 is 3.00 bits per heavy atom. The first-order chi connectivity index (χ1) is 9.70. The highest BCUT2D eigenvalue weighted by molar-refractivity contribution is 5.96. The van der Waals surface area contributed by atoms with E-state index in [2.05, 4.69) is 22.3 Å². The summed E-state index contributed by atoms with van der Waals surface area (Å²) in [6.07, 6.45) is 1.47. The lowest BCUT2D eigenvalue weighted by atomic mass is 10.1. The van der Waals surface area contributed by atoms with Gasteiger partial charge in [0.05, 0.1) is 24.8 Å². The molecule has 0 bridgehead atoms. The quantitative estimate of drug-likeness (QED) is 0.819. The van der Waals surface area contributed by atoms with E-state index in [9.17, 15) is 9.18 Å². The second-order valence-corrected chi connectivity index (χ2v) is 3.86. The van der Waals surface area contributed by atoms with Crippen LogP contribution < -0.4 is 11.1 Å². The number of carbonyl (C=O) groups excluding carboxylic acids is 1. The molecule has 102 valence electrons. The third-order valence-electron chi connectivity index (χ3n) is 2.47. The van der Waals surface area contributed by atoms with Gasteiger partial charge in [-0.25, -0.2) is 4.39 Å². The molecule has 2 rings (SSSR count). The molecule has 1 aromatic carbocycles. The van der Waals surface area contributed by atoms with Crippen LogP contribution in [0.1, 0.15) is 21.7 Å². The van der Waals surface area contributed by atoms with Crippen molar-refractivity contribution in [2.75, 3.05) is 6.54 Å². The molecule has 0 aliphatic heterocycles. The first kappa shape index (κ1) is 13.8. The van der Waals surface area contributed by atoms with E-state index < -0.39 is 11.7 Å². The minimum Gasteiger partial charge on any atom is -0.360 e. The molecule has 20 heavy (non-hydrogen) atoms. The van der Waals surface area contributed by atoms with Gasteiger partial charge in [0.15, 0.2) is 5.76 Å². The van der Waals surface area contributed by atoms with Crippen LogP contribution in [0.2, 0.25) is 0 Å². The van der Waals surface area contributed by atoms with Crippen molar-refractivity contribution in [3.63, 3.8) is 0 Å². The molecule has 0 saturated heterocycles. The van der Waals surface area contributed by atoms with Crippen molar-refractivity contribution in [1.82, 2.24) is 10.5 Å². The van der Waals surface area contributed by atoms with Gasteiger partial charge in [-0.2, -0.15) is 0 Å². The molecule has 0 aliphatic rings. The molecule has 0 aliphatic carbocycles. The number of halogens is 1. The minimum absolute atomic E-state index is 0.158. The molecule has 3 N–H and O–H groups in total. The average Bonchev–Trinajstić information content (AvgIpc) is 2.96. The Morgan fingerprint density at radius 2 is 2.30 bits per heavy atom. The first-order valence-corrected chi connectivity index (χ1v) is 5.87. The summed E-state index contributed by atoms with van der Waals surface area (Å²) in [5.41, 5.74) is 5.87. The van der Waals surface area contributed by atoms with Crippen molar-refractivity contribution in [2.24, 2.45) is 5.73 Å². The van der Waals surface area contributed by atoms with Crippen molar-refractivity contribution in [3.8, 4) is 11.8 Å². The maximum Gasteiger partial charge on any atom is 0.253 e. The molecular formula is C14H12FN3O2. The molecule has 0 fully saturated rings. The SMILES string of the molecule is NCC#Cc1ccc(F)cc1C(=O)NCc1ccno1. The fourth-order valence-corrected chi connectivity index (χ4v) is 1.56. The summed E-state index contributed by atoms with van der Waals surface area (Å²) in [6, 6.07) is 5.45. The Hall–Kier alpha value is -2.65. The monoisotopic (exact) mass is 273 g/mol. The Morgan fingerprint density at radius 1 is 1.45 bits per heavy atom. The van der Waals surface area contributed by atoms with E-state index in [1.807, 2.05) is 0 Å². The Balaban J connectivity index is 2.17. The highest BCUT2D eigenvalue weighted by atomic mass is 19.1. The number of hydrogen-bond acceptors (Lipinski definition) is 4. The molecule has 0 atom stereocenters. The molecule has 6 heteroatoms. The van der Waals surface area contributed by atoms with Crippen LogP contribution in [0.5, 0.6) is 0 Å². The Labute approximate surface area is 114 Å². The van der Waals surface area contributed by atoms with E-state index in [4.69, 9.17) is 10.3 Å². The van der Waals surface area contributed by atoms with Gasteiger partial charge >= 0.3 is 0 Å². The maximum absolute atomic E-state index is 13.3. The van der Waals surface area contributed by atoms with Crippen molar-refractivity contribution in [1.29, 1.82) is 0 Å². The van der Waals surface area contributed by atoms with Gasteiger partial charge in [0, 0.05) is 11.6 Å². The lowest BCUT2D eigenvalue weighted by molar-refractivity contribution is 0.0946. The number of hydrogen-bond donors (Lipinski definition) is 2. The van der Waals surface area contributed by atoms with Gasteiger partial charge in [0.25, 0.3) is 5.91 Å². The van der Waals surface area contributed by atoms with Crippen molar-refractivity contribution in [2.45, 2.75) is 6.54 Å². The summed E-state index contributed by atoms with van der Waals surface area (Å²) in [6.45, 7) is 0.329. The maximum atomic E-state index is 13.3. The zero-order valence-corrected chi connectivity index (χ0v) is 10.5. The van der Waals surface area contributed by atoms with Crippen LogP contribution in [0.25, 0.3) is 0 Å². The van der Waals surface area contributed by atoms with Crippen LogP contribution in [-0.4, -0.2) is 17.6 Å². The number of aromatic nitrogens is 1. The highest BCUT2D eigenvalue weighted by Gasteiger charge is 2.12. The molecule has 1 aromatic heterocycles. The van der Waals surface area contributed by atoms with Crippen LogP contribution in [-0.2, 0) is 6.54 Å². The molecule has 5 nitrogen and oxygen atoms in total. The van der Waals surface area contributed by atoms with Gasteiger partial charge in [0.1, 0.15) is 5.82 Å². The Kier molecular flexibility index (Phi) is 4.47. The Bertz CT molecular complexity index is 657. The smallest absolute Gasteiger partial charge is 0.253 e. The molecule has 1 heterocycles. The number of nitrogens with one attached hydrogen (secondary N) is 1. The van der Waals surface area contributed by atoms with Crippen molar-refractivity contribution >= 4 is 5.91 Å². The summed E-state index contributed by atoms with van der Waals surface area (Å²) in [5.74, 6) is 4.93. The van der Waals surface area contributed by atoms with Crippen LogP contribution in [0.15, 0.2) is 35.0 Å². The lowest BCUT2D eigenvalue weighted by Gasteiger charge is -2.05. The predicted molar refractivity (Wildman–Crippen MR) is 70.0 cm³/mol. The van der Waals surface area contributed by atoms with Crippen molar-refractivity contribution in [3.05, 3.63) is 53.2 Å². The number of benzene rings is 1. The zero-order chi connectivity index (χ0) is 14.4. The van der Waals surface area contributed by atoms with E-state index >= 15 is 0 Å². The molecule has 2 aromatic rings. The van der Waals surface area contributed by atoms with E-state index in [0.717, 1.165) is 6.07 Å². The van der Waals surface area contributed by atoms with E-state index in [-0.39, 0.29) is 18.7 Å². The summed E-state index contributed by atoms with van der Waals surface area (Å²) < 4.78 is 18.1. The number of rotatable bonds is 3. The topological polar surface area (TPSA) is 81.2 Å². The lowest BCUT2D eigenvalue weighted by Crippen LogP contribution is -2.23. The molecule has 1 amide bonds. The summed E-state index contributed by atoms with van der Waals surface area (Å²) in [4.78, 5) is 12.0. The van der Waals surface area contributed by atoms with Crippen LogP contribution in [0, 0.1) is 17.7 Å². The van der Waals surface area contributed by atoms with Crippen LogP contribution in [0.4, 0.5) is 4.39 Å². The second-order valence-electron chi connectivity index (χ2n) is 3.86. The van der Waals surface area contributed by atoms with Gasteiger partial charge in [-0.15, -0.1) is 0 Å². The van der Waals surface area contributed by atoms with Gasteiger partial charge in [-0.05, 0) is 18.2 Å². The van der Waals surface area contributed by atoms with Crippen LogP contribution >= 0.6 is 0 Å². The normalized spacial score (nSPS) is 9.70. The number of nitrogens with two attached hydrogens (primary N) is 1. The third-order valence-corrected chi connectivity index (χ3v) is 2.47. The number of amides is 1. The predicted octanol–water partition coefficient (Wildman–Crippen LogP) is 1.05. The van der Waals surface area contributed by atoms with Gasteiger partial charge in [-0.3, -0.25) is 4.79 Å². The second kappa shape index (κ2) is 6.50. The van der Waals surface area contributed by atoms with E-state index in [1.54, 1.807) is 6.07 Å². The molecule has 0 radical (unpaired) electrons. The molecule has 0 spiro atoms. The average molecular weight is 273 g/mol. The summed E-state index contributed by atoms with van der Waals surface area (Å²) in [7, 11) is 0.